The van der Waals surface area contributed by atoms with Crippen LogP contribution in [0, 0.1) is 5.92 Å². The molecule has 1 aliphatic rings. The molecule has 1 rings (SSSR count). The van der Waals surface area contributed by atoms with Crippen LogP contribution in [0.5, 0.6) is 0 Å². The van der Waals surface area contributed by atoms with E-state index in [1.165, 1.54) is 64.2 Å². The zero-order valence-electron chi connectivity index (χ0n) is 15.9. The summed E-state index contributed by atoms with van der Waals surface area (Å²) < 4.78 is 0. The maximum atomic E-state index is 12.2. The SMILES string of the molecule is CCCCCCCCCCCCCC1OOC1(C)C(=O)C(C)C. The number of hydrogen-bond donors (Lipinski definition) is 0. The largest absolute Gasteiger partial charge is 0.296 e. The molecule has 0 amide bonds. The number of carbonyl (C=O) groups excluding carboxylic acids is 1. The van der Waals surface area contributed by atoms with Crippen LogP contribution in [0.2, 0.25) is 0 Å². The lowest BCUT2D eigenvalue weighted by molar-refractivity contribution is -0.490. The third-order valence-electron chi connectivity index (χ3n) is 5.04. The molecule has 3 heteroatoms. The van der Waals surface area contributed by atoms with Gasteiger partial charge < -0.3 is 0 Å². The van der Waals surface area contributed by atoms with Crippen LogP contribution in [0.1, 0.15) is 105 Å². The zero-order valence-corrected chi connectivity index (χ0v) is 15.9. The van der Waals surface area contributed by atoms with Gasteiger partial charge in [0.05, 0.1) is 0 Å². The van der Waals surface area contributed by atoms with Crippen molar-refractivity contribution in [1.29, 1.82) is 0 Å². The van der Waals surface area contributed by atoms with E-state index in [9.17, 15) is 4.79 Å². The molecule has 0 bridgehead atoms. The van der Waals surface area contributed by atoms with E-state index in [1.54, 1.807) is 0 Å². The first-order chi connectivity index (χ1) is 11.0. The van der Waals surface area contributed by atoms with E-state index in [1.807, 2.05) is 20.8 Å². The van der Waals surface area contributed by atoms with E-state index in [2.05, 4.69) is 6.92 Å². The van der Waals surface area contributed by atoms with Crippen molar-refractivity contribution < 1.29 is 14.6 Å². The molecular formula is C20H38O3. The maximum Gasteiger partial charge on any atom is 0.188 e. The normalized spacial score (nSPS) is 24.0. The third-order valence-corrected chi connectivity index (χ3v) is 5.04. The van der Waals surface area contributed by atoms with Crippen molar-refractivity contribution in [3.63, 3.8) is 0 Å². The summed E-state index contributed by atoms with van der Waals surface area (Å²) in [7, 11) is 0. The Balaban J connectivity index is 1.96. The monoisotopic (exact) mass is 326 g/mol. The first-order valence-electron chi connectivity index (χ1n) is 9.91. The molecule has 1 fully saturated rings. The number of rotatable bonds is 14. The van der Waals surface area contributed by atoms with Crippen LogP contribution < -0.4 is 0 Å². The predicted molar refractivity (Wildman–Crippen MR) is 95.3 cm³/mol. The van der Waals surface area contributed by atoms with E-state index in [0.717, 1.165) is 12.8 Å². The Morgan fingerprint density at radius 1 is 0.913 bits per heavy atom. The first kappa shape index (κ1) is 20.6. The van der Waals surface area contributed by atoms with Crippen molar-refractivity contribution in [1.82, 2.24) is 0 Å². The van der Waals surface area contributed by atoms with Gasteiger partial charge in [0.2, 0.25) is 0 Å². The molecule has 136 valence electrons. The first-order valence-corrected chi connectivity index (χ1v) is 9.91. The highest BCUT2D eigenvalue weighted by atomic mass is 17.3. The molecule has 2 atom stereocenters. The number of hydrogen-bond acceptors (Lipinski definition) is 3. The molecule has 0 N–H and O–H groups in total. The van der Waals surface area contributed by atoms with Gasteiger partial charge in [-0.1, -0.05) is 91.4 Å². The van der Waals surface area contributed by atoms with E-state index < -0.39 is 5.60 Å². The average Bonchev–Trinajstić information content (AvgIpc) is 2.53. The summed E-state index contributed by atoms with van der Waals surface area (Å²) in [5.41, 5.74) is -0.702. The zero-order chi connectivity index (χ0) is 17.1. The lowest BCUT2D eigenvalue weighted by Crippen LogP contribution is -2.60. The minimum atomic E-state index is -0.702. The molecule has 0 radical (unpaired) electrons. The fraction of sp³-hybridized carbons (Fsp3) is 0.950. The second-order valence-electron chi connectivity index (χ2n) is 7.62. The molecule has 0 spiro atoms. The van der Waals surface area contributed by atoms with Gasteiger partial charge in [-0.25, -0.2) is 9.78 Å². The quantitative estimate of drug-likeness (QED) is 0.290. The van der Waals surface area contributed by atoms with Crippen LogP contribution in [0.3, 0.4) is 0 Å². The summed E-state index contributed by atoms with van der Waals surface area (Å²) in [4.78, 5) is 22.5. The van der Waals surface area contributed by atoms with E-state index in [4.69, 9.17) is 9.78 Å². The van der Waals surface area contributed by atoms with E-state index in [0.29, 0.717) is 0 Å². The van der Waals surface area contributed by atoms with Crippen LogP contribution in [-0.4, -0.2) is 17.5 Å². The Morgan fingerprint density at radius 2 is 1.39 bits per heavy atom. The Bertz CT molecular complexity index is 327. The standard InChI is InChI=1S/C20H38O3/c1-5-6-7-8-9-10-11-12-13-14-15-16-18-20(4,23-22-18)19(21)17(2)3/h17-18H,5-16H2,1-4H3. The summed E-state index contributed by atoms with van der Waals surface area (Å²) in [6, 6.07) is 0. The molecule has 0 aromatic carbocycles. The van der Waals surface area contributed by atoms with Crippen molar-refractivity contribution in [3.05, 3.63) is 0 Å². The van der Waals surface area contributed by atoms with Gasteiger partial charge in [0.15, 0.2) is 11.4 Å². The van der Waals surface area contributed by atoms with Gasteiger partial charge in [0, 0.05) is 5.92 Å². The summed E-state index contributed by atoms with van der Waals surface area (Å²) in [6.45, 7) is 7.99. The lowest BCUT2D eigenvalue weighted by atomic mass is 9.84. The highest BCUT2D eigenvalue weighted by molar-refractivity contribution is 5.89. The van der Waals surface area contributed by atoms with Gasteiger partial charge >= 0.3 is 0 Å². The van der Waals surface area contributed by atoms with Crippen LogP contribution >= 0.6 is 0 Å². The number of ketones is 1. The van der Waals surface area contributed by atoms with Crippen LogP contribution in [0.15, 0.2) is 0 Å². The molecule has 1 heterocycles. The molecule has 23 heavy (non-hydrogen) atoms. The van der Waals surface area contributed by atoms with E-state index >= 15 is 0 Å². The summed E-state index contributed by atoms with van der Waals surface area (Å²) in [6.07, 6.45) is 15.6. The molecule has 3 nitrogen and oxygen atoms in total. The number of unbranched alkanes of at least 4 members (excludes halogenated alkanes) is 10. The van der Waals surface area contributed by atoms with Crippen molar-refractivity contribution >= 4 is 5.78 Å². The number of carbonyl (C=O) groups is 1. The Morgan fingerprint density at radius 3 is 1.78 bits per heavy atom. The highest BCUT2D eigenvalue weighted by Crippen LogP contribution is 2.36. The lowest BCUT2D eigenvalue weighted by Gasteiger charge is -2.44. The molecule has 0 aromatic heterocycles. The van der Waals surface area contributed by atoms with Crippen LogP contribution in [-0.2, 0) is 14.6 Å². The second-order valence-corrected chi connectivity index (χ2v) is 7.62. The molecule has 0 aliphatic carbocycles. The van der Waals surface area contributed by atoms with Crippen LogP contribution in [0.4, 0.5) is 0 Å². The van der Waals surface area contributed by atoms with Crippen molar-refractivity contribution in [2.24, 2.45) is 5.92 Å². The Kier molecular flexibility index (Phi) is 10.0. The summed E-state index contributed by atoms with van der Waals surface area (Å²) >= 11 is 0. The van der Waals surface area contributed by atoms with Gasteiger partial charge in [-0.15, -0.1) is 0 Å². The minimum absolute atomic E-state index is 0.00345. The van der Waals surface area contributed by atoms with Gasteiger partial charge in [-0.05, 0) is 13.3 Å². The van der Waals surface area contributed by atoms with Crippen molar-refractivity contribution in [2.75, 3.05) is 0 Å². The molecule has 1 aliphatic heterocycles. The van der Waals surface area contributed by atoms with Crippen LogP contribution in [0.25, 0.3) is 0 Å². The third kappa shape index (κ3) is 6.93. The fourth-order valence-corrected chi connectivity index (χ4v) is 3.35. The maximum absolute atomic E-state index is 12.2. The van der Waals surface area contributed by atoms with E-state index in [-0.39, 0.29) is 17.8 Å². The molecule has 2 unspecified atom stereocenters. The van der Waals surface area contributed by atoms with Gasteiger partial charge in [0.1, 0.15) is 6.10 Å². The van der Waals surface area contributed by atoms with Gasteiger partial charge in [-0.3, -0.25) is 4.79 Å². The predicted octanol–water partition coefficient (Wildman–Crippen LogP) is 6.00. The summed E-state index contributed by atoms with van der Waals surface area (Å²) in [5, 5.41) is 0. The molecular weight excluding hydrogens is 288 g/mol. The highest BCUT2D eigenvalue weighted by Gasteiger charge is 2.53. The van der Waals surface area contributed by atoms with Crippen molar-refractivity contribution in [3.8, 4) is 0 Å². The minimum Gasteiger partial charge on any atom is -0.296 e. The van der Waals surface area contributed by atoms with Gasteiger partial charge in [-0.2, -0.15) is 0 Å². The van der Waals surface area contributed by atoms with Gasteiger partial charge in [0.25, 0.3) is 0 Å². The second kappa shape index (κ2) is 11.2. The molecule has 0 saturated carbocycles. The number of Topliss-reactive ketones (excluding diaryl/α,β-unsaturated/α-hetero) is 1. The fourth-order valence-electron chi connectivity index (χ4n) is 3.35. The average molecular weight is 327 g/mol. The summed E-state index contributed by atoms with van der Waals surface area (Å²) in [5.74, 6) is 0.167. The topological polar surface area (TPSA) is 35.5 Å². The van der Waals surface area contributed by atoms with Crippen molar-refractivity contribution in [2.45, 2.75) is 116 Å². The molecule has 1 saturated heterocycles. The smallest absolute Gasteiger partial charge is 0.188 e. The molecule has 0 aromatic rings. The Hall–Kier alpha value is -0.410. The Labute approximate surface area is 143 Å².